The van der Waals surface area contributed by atoms with Gasteiger partial charge in [-0.2, -0.15) is 5.10 Å². The fourth-order valence-corrected chi connectivity index (χ4v) is 0.710. The highest BCUT2D eigenvalue weighted by molar-refractivity contribution is 5.79. The normalized spacial score (nSPS) is 10.5. The molecule has 12 heavy (non-hydrogen) atoms. The number of aryl methyl sites for hydroxylation is 1. The minimum Gasteiger partial charge on any atom is -0.460 e. The van der Waals surface area contributed by atoms with Crippen LogP contribution in [0, 0.1) is 6.92 Å². The van der Waals surface area contributed by atoms with Crippen LogP contribution in [-0.2, 0) is 4.79 Å². The topological polar surface area (TPSA) is 54.6 Å². The summed E-state index contributed by atoms with van der Waals surface area (Å²) in [5, 5.41) is 3.64. The molecular weight excluding hydrogens is 156 g/mol. The standard InChI is InChI=1S/C8H10N2O2/c1-6-3-4-8(12-6)5-9-10-7(2)11/h3-5H,1-2H3,(H,10,11)/b9-5-. The van der Waals surface area contributed by atoms with Crippen molar-refractivity contribution in [2.45, 2.75) is 13.8 Å². The maximum absolute atomic E-state index is 10.4. The third kappa shape index (κ3) is 2.57. The smallest absolute Gasteiger partial charge is 0.236 e. The minimum atomic E-state index is -0.200. The molecule has 64 valence electrons. The van der Waals surface area contributed by atoms with E-state index in [0.717, 1.165) is 5.76 Å². The zero-order chi connectivity index (χ0) is 8.97. The van der Waals surface area contributed by atoms with E-state index in [1.165, 1.54) is 13.1 Å². The average Bonchev–Trinajstić information content (AvgIpc) is 2.35. The highest BCUT2D eigenvalue weighted by atomic mass is 16.3. The van der Waals surface area contributed by atoms with Gasteiger partial charge in [0.2, 0.25) is 5.91 Å². The summed E-state index contributed by atoms with van der Waals surface area (Å²) in [5.74, 6) is 1.25. The monoisotopic (exact) mass is 166 g/mol. The number of nitrogens with one attached hydrogen (secondary N) is 1. The van der Waals surface area contributed by atoms with Crippen LogP contribution < -0.4 is 5.43 Å². The molecule has 1 N–H and O–H groups in total. The van der Waals surface area contributed by atoms with Crippen LogP contribution in [0.25, 0.3) is 0 Å². The molecule has 0 aliphatic rings. The summed E-state index contributed by atoms with van der Waals surface area (Å²) in [5.41, 5.74) is 2.27. The Morgan fingerprint density at radius 1 is 1.67 bits per heavy atom. The van der Waals surface area contributed by atoms with Crippen LogP contribution in [0.4, 0.5) is 0 Å². The lowest BCUT2D eigenvalue weighted by atomic mass is 10.4. The van der Waals surface area contributed by atoms with Crippen LogP contribution in [0.1, 0.15) is 18.4 Å². The van der Waals surface area contributed by atoms with Gasteiger partial charge in [-0.15, -0.1) is 0 Å². The van der Waals surface area contributed by atoms with Gasteiger partial charge in [-0.3, -0.25) is 4.79 Å². The van der Waals surface area contributed by atoms with Gasteiger partial charge in [0, 0.05) is 6.92 Å². The van der Waals surface area contributed by atoms with Gasteiger partial charge in [0.25, 0.3) is 0 Å². The molecule has 4 nitrogen and oxygen atoms in total. The van der Waals surface area contributed by atoms with Crippen LogP contribution in [-0.4, -0.2) is 12.1 Å². The molecule has 0 radical (unpaired) electrons. The Bertz CT molecular complexity index is 302. The lowest BCUT2D eigenvalue weighted by Crippen LogP contribution is -2.12. The molecule has 1 heterocycles. The predicted molar refractivity (Wildman–Crippen MR) is 44.9 cm³/mol. The minimum absolute atomic E-state index is 0.200. The number of rotatable bonds is 2. The van der Waals surface area contributed by atoms with Crippen molar-refractivity contribution in [3.8, 4) is 0 Å². The molecule has 0 unspecified atom stereocenters. The van der Waals surface area contributed by atoms with E-state index in [2.05, 4.69) is 10.5 Å². The number of furan rings is 1. The summed E-state index contributed by atoms with van der Waals surface area (Å²) < 4.78 is 5.16. The van der Waals surface area contributed by atoms with E-state index >= 15 is 0 Å². The van der Waals surface area contributed by atoms with Crippen LogP contribution in [0.15, 0.2) is 21.7 Å². The second-order valence-electron chi connectivity index (χ2n) is 2.37. The Labute approximate surface area is 70.3 Å². The number of amides is 1. The maximum atomic E-state index is 10.4. The number of hydrogen-bond donors (Lipinski definition) is 1. The summed E-state index contributed by atoms with van der Waals surface area (Å²) in [6.45, 7) is 3.24. The van der Waals surface area contributed by atoms with Gasteiger partial charge in [-0.25, -0.2) is 5.43 Å². The van der Waals surface area contributed by atoms with Gasteiger partial charge in [0.15, 0.2) is 0 Å². The van der Waals surface area contributed by atoms with Crippen molar-refractivity contribution >= 4 is 12.1 Å². The average molecular weight is 166 g/mol. The Morgan fingerprint density at radius 2 is 2.42 bits per heavy atom. The molecular formula is C8H10N2O2. The lowest BCUT2D eigenvalue weighted by Gasteiger charge is -1.88. The summed E-state index contributed by atoms with van der Waals surface area (Å²) in [6.07, 6.45) is 1.45. The summed E-state index contributed by atoms with van der Waals surface area (Å²) >= 11 is 0. The molecule has 0 saturated heterocycles. The van der Waals surface area contributed by atoms with Crippen LogP contribution in [0.2, 0.25) is 0 Å². The van der Waals surface area contributed by atoms with Gasteiger partial charge in [0.05, 0.1) is 6.21 Å². The molecule has 0 fully saturated rings. The number of nitrogens with zero attached hydrogens (tertiary/aromatic N) is 1. The van der Waals surface area contributed by atoms with Crippen LogP contribution in [0.3, 0.4) is 0 Å². The zero-order valence-electron chi connectivity index (χ0n) is 7.00. The molecule has 1 aromatic heterocycles. The number of carbonyl (C=O) groups is 1. The Balaban J connectivity index is 2.52. The lowest BCUT2D eigenvalue weighted by molar-refractivity contribution is -0.118. The van der Waals surface area contributed by atoms with Crippen molar-refractivity contribution in [2.75, 3.05) is 0 Å². The van der Waals surface area contributed by atoms with Crippen molar-refractivity contribution in [1.82, 2.24) is 5.43 Å². The second-order valence-corrected chi connectivity index (χ2v) is 2.37. The zero-order valence-corrected chi connectivity index (χ0v) is 7.00. The summed E-state index contributed by atoms with van der Waals surface area (Å²) in [7, 11) is 0. The largest absolute Gasteiger partial charge is 0.460 e. The Kier molecular flexibility index (Phi) is 2.63. The van der Waals surface area contributed by atoms with Crippen molar-refractivity contribution < 1.29 is 9.21 Å². The molecule has 1 amide bonds. The number of hydrazone groups is 1. The maximum Gasteiger partial charge on any atom is 0.236 e. The van der Waals surface area contributed by atoms with Gasteiger partial charge < -0.3 is 4.42 Å². The molecule has 0 aliphatic carbocycles. The SMILES string of the molecule is CC(=O)N/N=C\c1ccc(C)o1. The Hall–Kier alpha value is -1.58. The Morgan fingerprint density at radius 3 is 2.92 bits per heavy atom. The summed E-state index contributed by atoms with van der Waals surface area (Å²) in [6, 6.07) is 3.61. The first-order valence-electron chi connectivity index (χ1n) is 3.54. The third-order valence-corrected chi connectivity index (χ3v) is 1.17. The molecule has 4 heteroatoms. The van der Waals surface area contributed by atoms with E-state index in [1.807, 2.05) is 13.0 Å². The van der Waals surface area contributed by atoms with E-state index in [4.69, 9.17) is 4.42 Å². The molecule has 1 aromatic rings. The number of carbonyl (C=O) groups excluding carboxylic acids is 1. The second kappa shape index (κ2) is 3.71. The predicted octanol–water partition coefficient (Wildman–Crippen LogP) is 1.06. The van der Waals surface area contributed by atoms with E-state index in [9.17, 15) is 4.79 Å². The first-order valence-corrected chi connectivity index (χ1v) is 3.54. The van der Waals surface area contributed by atoms with Crippen LogP contribution >= 0.6 is 0 Å². The van der Waals surface area contributed by atoms with Crippen molar-refractivity contribution in [3.05, 3.63) is 23.7 Å². The van der Waals surface area contributed by atoms with E-state index in [1.54, 1.807) is 6.07 Å². The fraction of sp³-hybridized carbons (Fsp3) is 0.250. The molecule has 0 saturated carbocycles. The van der Waals surface area contributed by atoms with Crippen molar-refractivity contribution in [2.24, 2.45) is 5.10 Å². The van der Waals surface area contributed by atoms with E-state index in [-0.39, 0.29) is 5.91 Å². The fourth-order valence-electron chi connectivity index (χ4n) is 0.710. The molecule has 1 rings (SSSR count). The van der Waals surface area contributed by atoms with Crippen molar-refractivity contribution in [3.63, 3.8) is 0 Å². The molecule has 0 aromatic carbocycles. The molecule has 0 bridgehead atoms. The van der Waals surface area contributed by atoms with Gasteiger partial charge in [-0.05, 0) is 19.1 Å². The van der Waals surface area contributed by atoms with E-state index in [0.29, 0.717) is 5.76 Å². The molecule has 0 atom stereocenters. The molecule has 0 aliphatic heterocycles. The quantitative estimate of drug-likeness (QED) is 0.527. The highest BCUT2D eigenvalue weighted by Crippen LogP contribution is 2.02. The van der Waals surface area contributed by atoms with Gasteiger partial charge in [0.1, 0.15) is 11.5 Å². The van der Waals surface area contributed by atoms with Gasteiger partial charge >= 0.3 is 0 Å². The molecule has 0 spiro atoms. The van der Waals surface area contributed by atoms with Gasteiger partial charge in [-0.1, -0.05) is 0 Å². The van der Waals surface area contributed by atoms with E-state index < -0.39 is 0 Å². The van der Waals surface area contributed by atoms with Crippen molar-refractivity contribution in [1.29, 1.82) is 0 Å². The third-order valence-electron chi connectivity index (χ3n) is 1.17. The van der Waals surface area contributed by atoms with Crippen LogP contribution in [0.5, 0.6) is 0 Å². The summed E-state index contributed by atoms with van der Waals surface area (Å²) in [4.78, 5) is 10.4. The first-order chi connectivity index (χ1) is 5.68. The highest BCUT2D eigenvalue weighted by Gasteiger charge is 1.92. The number of hydrogen-bond acceptors (Lipinski definition) is 3. The first kappa shape index (κ1) is 8.52.